The van der Waals surface area contributed by atoms with E-state index >= 15 is 0 Å². The molecule has 1 N–H and O–H groups in total. The predicted octanol–water partition coefficient (Wildman–Crippen LogP) is 4.40. The van der Waals surface area contributed by atoms with Crippen LogP contribution in [-0.4, -0.2) is 27.3 Å². The van der Waals surface area contributed by atoms with Crippen LogP contribution in [0.2, 0.25) is 0 Å². The van der Waals surface area contributed by atoms with Crippen molar-refractivity contribution in [2.24, 2.45) is 0 Å². The van der Waals surface area contributed by atoms with Gasteiger partial charge in [0.1, 0.15) is 17.4 Å². The number of hydrogen-bond donors (Lipinski definition) is 1. The van der Waals surface area contributed by atoms with E-state index in [1.807, 2.05) is 67.6 Å². The molecular weight excluding hydrogens is 390 g/mol. The molecule has 4 rings (SSSR count). The highest BCUT2D eigenvalue weighted by atomic mass is 16.5. The average Bonchev–Trinajstić information content (AvgIpc) is 3.20. The van der Waals surface area contributed by atoms with Crippen LogP contribution in [0.25, 0.3) is 16.7 Å². The molecule has 31 heavy (non-hydrogen) atoms. The molecule has 1 amide bonds. The van der Waals surface area contributed by atoms with Gasteiger partial charge in [-0.05, 0) is 43.2 Å². The fourth-order valence-corrected chi connectivity index (χ4v) is 3.30. The van der Waals surface area contributed by atoms with Gasteiger partial charge in [0.25, 0.3) is 0 Å². The number of carbonyl (C=O) groups excluding carboxylic acids is 1. The molecule has 0 atom stereocenters. The number of benzene rings is 2. The molecule has 0 spiro atoms. The molecule has 0 fully saturated rings. The molecule has 0 unspecified atom stereocenters. The van der Waals surface area contributed by atoms with Crippen LogP contribution in [0, 0.1) is 18.3 Å². The topological polar surface area (TPSA) is 92.8 Å². The molecule has 0 saturated heterocycles. The summed E-state index contributed by atoms with van der Waals surface area (Å²) in [7, 11) is 0. The third-order valence-corrected chi connectivity index (χ3v) is 4.83. The van der Waals surface area contributed by atoms with E-state index in [4.69, 9.17) is 4.74 Å². The minimum atomic E-state index is -0.215. The Morgan fingerprint density at radius 2 is 1.94 bits per heavy atom. The first-order valence-electron chi connectivity index (χ1n) is 9.98. The van der Waals surface area contributed by atoms with Crippen molar-refractivity contribution in [1.29, 1.82) is 5.26 Å². The zero-order valence-electron chi connectivity index (χ0n) is 17.1. The number of amides is 1. The maximum atomic E-state index is 12.5. The molecule has 2 aromatic carbocycles. The number of ether oxygens (including phenoxy) is 1. The molecule has 154 valence electrons. The molecule has 7 heteroatoms. The Hall–Kier alpha value is -4.18. The number of pyridine rings is 1. The Kier molecular flexibility index (Phi) is 5.90. The van der Waals surface area contributed by atoms with Crippen LogP contribution < -0.4 is 10.1 Å². The van der Waals surface area contributed by atoms with E-state index in [0.29, 0.717) is 24.7 Å². The van der Waals surface area contributed by atoms with Crippen molar-refractivity contribution in [2.75, 3.05) is 11.9 Å². The Morgan fingerprint density at radius 3 is 2.74 bits per heavy atom. The maximum absolute atomic E-state index is 12.5. The Morgan fingerprint density at radius 1 is 1.16 bits per heavy atom. The summed E-state index contributed by atoms with van der Waals surface area (Å²) in [6, 6.07) is 21.2. The number of nitrogens with zero attached hydrogens (tertiary/aromatic N) is 4. The zero-order chi connectivity index (χ0) is 21.6. The van der Waals surface area contributed by atoms with Gasteiger partial charge in [0, 0.05) is 11.8 Å². The van der Waals surface area contributed by atoms with E-state index in [2.05, 4.69) is 21.5 Å². The lowest BCUT2D eigenvalue weighted by molar-refractivity contribution is -0.116. The number of nitriles is 1. The van der Waals surface area contributed by atoms with Gasteiger partial charge < -0.3 is 10.1 Å². The van der Waals surface area contributed by atoms with E-state index in [0.717, 1.165) is 22.2 Å². The van der Waals surface area contributed by atoms with Crippen LogP contribution in [0.3, 0.4) is 0 Å². The van der Waals surface area contributed by atoms with Crippen LogP contribution in [-0.2, 0) is 4.79 Å². The average molecular weight is 411 g/mol. The van der Waals surface area contributed by atoms with Crippen molar-refractivity contribution in [2.45, 2.75) is 19.8 Å². The van der Waals surface area contributed by atoms with Crippen molar-refractivity contribution in [1.82, 2.24) is 14.8 Å². The molecule has 0 aliphatic carbocycles. The van der Waals surface area contributed by atoms with E-state index in [1.54, 1.807) is 0 Å². The van der Waals surface area contributed by atoms with Crippen LogP contribution >= 0.6 is 0 Å². The van der Waals surface area contributed by atoms with Gasteiger partial charge in [0.05, 0.1) is 18.3 Å². The summed E-state index contributed by atoms with van der Waals surface area (Å²) in [5.74, 6) is 1.41. The van der Waals surface area contributed by atoms with Gasteiger partial charge in [-0.25, -0.2) is 4.98 Å². The SMILES string of the molecule is Cc1cc(-n2ncc(C#N)c2NC(=O)CCCOc2ccccc2)nc2ccccc12. The summed E-state index contributed by atoms with van der Waals surface area (Å²) in [6.07, 6.45) is 2.23. The molecule has 7 nitrogen and oxygen atoms in total. The minimum Gasteiger partial charge on any atom is -0.494 e. The van der Waals surface area contributed by atoms with E-state index < -0.39 is 0 Å². The van der Waals surface area contributed by atoms with Gasteiger partial charge in [0.15, 0.2) is 11.6 Å². The summed E-state index contributed by atoms with van der Waals surface area (Å²) in [4.78, 5) is 17.2. The molecule has 2 heterocycles. The Bertz CT molecular complexity index is 1260. The van der Waals surface area contributed by atoms with Gasteiger partial charge in [-0.2, -0.15) is 15.0 Å². The van der Waals surface area contributed by atoms with E-state index in [1.165, 1.54) is 10.9 Å². The normalized spacial score (nSPS) is 10.6. The summed E-state index contributed by atoms with van der Waals surface area (Å²) in [5, 5.41) is 17.6. The van der Waals surface area contributed by atoms with Crippen LogP contribution in [0.4, 0.5) is 5.82 Å². The van der Waals surface area contributed by atoms with Gasteiger partial charge >= 0.3 is 0 Å². The Balaban J connectivity index is 1.48. The van der Waals surface area contributed by atoms with Crippen LogP contribution in [0.1, 0.15) is 24.0 Å². The van der Waals surface area contributed by atoms with Crippen molar-refractivity contribution < 1.29 is 9.53 Å². The lowest BCUT2D eigenvalue weighted by atomic mass is 10.1. The van der Waals surface area contributed by atoms with E-state index in [-0.39, 0.29) is 17.9 Å². The number of rotatable bonds is 7. The van der Waals surface area contributed by atoms with Crippen LogP contribution in [0.15, 0.2) is 66.9 Å². The predicted molar refractivity (Wildman–Crippen MR) is 118 cm³/mol. The van der Waals surface area contributed by atoms with Crippen molar-refractivity contribution in [3.63, 3.8) is 0 Å². The first kappa shape index (κ1) is 20.1. The van der Waals surface area contributed by atoms with E-state index in [9.17, 15) is 10.1 Å². The second kappa shape index (κ2) is 9.09. The maximum Gasteiger partial charge on any atom is 0.225 e. The quantitative estimate of drug-likeness (QED) is 0.455. The number of anilines is 1. The van der Waals surface area contributed by atoms with Crippen LogP contribution in [0.5, 0.6) is 5.75 Å². The van der Waals surface area contributed by atoms with Crippen molar-refractivity contribution in [3.8, 4) is 17.6 Å². The number of fused-ring (bicyclic) bond motifs is 1. The highest BCUT2D eigenvalue weighted by Gasteiger charge is 2.17. The standard InChI is InChI=1S/C24H21N5O2/c1-17-14-22(27-21-11-6-5-10-20(17)21)29-24(18(15-25)16-26-29)28-23(30)12-7-13-31-19-8-3-2-4-9-19/h2-6,8-11,14,16H,7,12-13H2,1H3,(H,28,30). The summed E-state index contributed by atoms with van der Waals surface area (Å²) >= 11 is 0. The monoisotopic (exact) mass is 411 g/mol. The second-order valence-electron chi connectivity index (χ2n) is 7.06. The van der Waals surface area contributed by atoms with Gasteiger partial charge in [-0.15, -0.1) is 0 Å². The lowest BCUT2D eigenvalue weighted by Gasteiger charge is -2.11. The van der Waals surface area contributed by atoms with Gasteiger partial charge in [-0.3, -0.25) is 4.79 Å². The van der Waals surface area contributed by atoms with Crippen molar-refractivity contribution >= 4 is 22.6 Å². The lowest BCUT2D eigenvalue weighted by Crippen LogP contribution is -2.17. The number of nitrogens with one attached hydrogen (secondary N) is 1. The Labute approximate surface area is 179 Å². The first-order chi connectivity index (χ1) is 15.2. The number of aromatic nitrogens is 3. The number of para-hydroxylation sites is 2. The number of carbonyl (C=O) groups is 1. The summed E-state index contributed by atoms with van der Waals surface area (Å²) < 4.78 is 7.12. The fraction of sp³-hybridized carbons (Fsp3) is 0.167. The molecule has 0 aliphatic rings. The third kappa shape index (κ3) is 4.54. The van der Waals surface area contributed by atoms with Crippen molar-refractivity contribution in [3.05, 3.63) is 78.0 Å². The van der Waals surface area contributed by atoms with Gasteiger partial charge in [-0.1, -0.05) is 36.4 Å². The summed E-state index contributed by atoms with van der Waals surface area (Å²) in [6.45, 7) is 2.42. The molecule has 0 saturated carbocycles. The largest absolute Gasteiger partial charge is 0.494 e. The third-order valence-electron chi connectivity index (χ3n) is 4.83. The number of hydrogen-bond acceptors (Lipinski definition) is 5. The minimum absolute atomic E-state index is 0.215. The second-order valence-corrected chi connectivity index (χ2v) is 7.06. The first-order valence-corrected chi connectivity index (χ1v) is 9.98. The zero-order valence-corrected chi connectivity index (χ0v) is 17.1. The molecule has 4 aromatic rings. The highest BCUT2D eigenvalue weighted by Crippen LogP contribution is 2.23. The fourth-order valence-electron chi connectivity index (χ4n) is 3.30. The molecule has 0 aliphatic heterocycles. The molecule has 2 aromatic heterocycles. The summed E-state index contributed by atoms with van der Waals surface area (Å²) in [5.41, 5.74) is 2.13. The molecular formula is C24H21N5O2. The van der Waals surface area contributed by atoms with Gasteiger partial charge in [0.2, 0.25) is 5.91 Å². The highest BCUT2D eigenvalue weighted by molar-refractivity contribution is 5.91. The molecule has 0 radical (unpaired) electrons. The number of aryl methyl sites for hydroxylation is 1. The smallest absolute Gasteiger partial charge is 0.225 e. The molecule has 0 bridgehead atoms.